The molecule has 0 atom stereocenters. The summed E-state index contributed by atoms with van der Waals surface area (Å²) in [6.07, 6.45) is 5.64. The van der Waals surface area contributed by atoms with Crippen molar-refractivity contribution in [1.82, 2.24) is 0 Å². The Bertz CT molecular complexity index is 804. The highest BCUT2D eigenvalue weighted by Gasteiger charge is 2.19. The molecule has 2 aromatic carbocycles. The van der Waals surface area contributed by atoms with Gasteiger partial charge in [0.05, 0.1) is 0 Å². The molecule has 0 heterocycles. The van der Waals surface area contributed by atoms with Crippen molar-refractivity contribution < 1.29 is 0 Å². The van der Waals surface area contributed by atoms with Crippen LogP contribution in [0.25, 0.3) is 22.3 Å². The third-order valence-corrected chi connectivity index (χ3v) is 4.01. The molecular weight excluding hydrogens is 216 g/mol. The molecule has 0 aromatic heterocycles. The van der Waals surface area contributed by atoms with Crippen molar-refractivity contribution in [2.45, 2.75) is 13.3 Å². The number of fused-ring (bicyclic) bond motifs is 3. The van der Waals surface area contributed by atoms with Crippen LogP contribution in [0.3, 0.4) is 0 Å². The fourth-order valence-corrected chi connectivity index (χ4v) is 3.15. The molecule has 18 heavy (non-hydrogen) atoms. The first-order valence-electron chi connectivity index (χ1n) is 6.46. The van der Waals surface area contributed by atoms with E-state index in [1.807, 2.05) is 0 Å². The average molecular weight is 230 g/mol. The Morgan fingerprint density at radius 3 is 2.50 bits per heavy atom. The van der Waals surface area contributed by atoms with Crippen LogP contribution < -0.4 is 10.4 Å². The van der Waals surface area contributed by atoms with E-state index in [1.54, 1.807) is 0 Å². The van der Waals surface area contributed by atoms with Gasteiger partial charge in [-0.1, -0.05) is 60.2 Å². The van der Waals surface area contributed by atoms with Gasteiger partial charge < -0.3 is 0 Å². The molecule has 86 valence electrons. The lowest BCUT2D eigenvalue weighted by atomic mass is 10.0. The summed E-state index contributed by atoms with van der Waals surface area (Å²) in [5.41, 5.74) is 7.01. The van der Waals surface area contributed by atoms with Gasteiger partial charge in [0.25, 0.3) is 0 Å². The van der Waals surface area contributed by atoms with Crippen molar-refractivity contribution >= 4 is 11.1 Å². The molecule has 0 radical (unpaired) electrons. The van der Waals surface area contributed by atoms with E-state index in [0.717, 1.165) is 6.42 Å². The van der Waals surface area contributed by atoms with Crippen molar-refractivity contribution in [1.29, 1.82) is 0 Å². The molecule has 0 N–H and O–H groups in total. The number of rotatable bonds is 0. The van der Waals surface area contributed by atoms with E-state index in [-0.39, 0.29) is 0 Å². The molecule has 0 aliphatic heterocycles. The van der Waals surface area contributed by atoms with Crippen LogP contribution in [0.4, 0.5) is 0 Å². The van der Waals surface area contributed by atoms with Crippen molar-refractivity contribution in [2.24, 2.45) is 0 Å². The first kappa shape index (κ1) is 9.90. The second-order valence-electron chi connectivity index (χ2n) is 5.07. The monoisotopic (exact) mass is 230 g/mol. The van der Waals surface area contributed by atoms with Crippen molar-refractivity contribution in [3.05, 3.63) is 70.6 Å². The lowest BCUT2D eigenvalue weighted by Gasteiger charge is -2.02. The summed E-state index contributed by atoms with van der Waals surface area (Å²) in [6.45, 7) is 2.24. The zero-order valence-electron chi connectivity index (χ0n) is 10.4. The second kappa shape index (κ2) is 3.46. The van der Waals surface area contributed by atoms with E-state index >= 15 is 0 Å². The Kier molecular flexibility index (Phi) is 1.90. The van der Waals surface area contributed by atoms with E-state index in [0.29, 0.717) is 0 Å². The Morgan fingerprint density at radius 2 is 1.61 bits per heavy atom. The first-order chi connectivity index (χ1) is 8.86. The third kappa shape index (κ3) is 1.15. The molecule has 0 spiro atoms. The smallest absolute Gasteiger partial charge is 0.00269 e. The van der Waals surface area contributed by atoms with Crippen LogP contribution in [0.2, 0.25) is 0 Å². The summed E-state index contributed by atoms with van der Waals surface area (Å²) in [6, 6.07) is 15.4. The van der Waals surface area contributed by atoms with Crippen LogP contribution in [0.1, 0.15) is 18.9 Å². The zero-order chi connectivity index (χ0) is 12.1. The minimum Gasteiger partial charge on any atom is -0.0798 e. The maximum Gasteiger partial charge on any atom is -0.00269 e. The van der Waals surface area contributed by atoms with Crippen molar-refractivity contribution in [2.75, 3.05) is 0 Å². The van der Waals surface area contributed by atoms with Gasteiger partial charge in [0.1, 0.15) is 0 Å². The normalized spacial score (nSPS) is 15.4. The highest BCUT2D eigenvalue weighted by atomic mass is 14.2. The Morgan fingerprint density at radius 1 is 0.833 bits per heavy atom. The van der Waals surface area contributed by atoms with E-state index in [4.69, 9.17) is 0 Å². The topological polar surface area (TPSA) is 0 Å². The van der Waals surface area contributed by atoms with Crippen LogP contribution in [0, 0.1) is 0 Å². The van der Waals surface area contributed by atoms with E-state index in [1.165, 1.54) is 38.3 Å². The van der Waals surface area contributed by atoms with Gasteiger partial charge in [-0.25, -0.2) is 0 Å². The fraction of sp³-hybridized carbons (Fsp3) is 0.111. The van der Waals surface area contributed by atoms with Crippen LogP contribution in [0.15, 0.2) is 54.6 Å². The number of hydrogen-bond acceptors (Lipinski definition) is 0. The largest absolute Gasteiger partial charge is 0.0798 e. The molecule has 0 bridgehead atoms. The third-order valence-electron chi connectivity index (χ3n) is 4.01. The van der Waals surface area contributed by atoms with Gasteiger partial charge in [-0.3, -0.25) is 0 Å². The van der Waals surface area contributed by atoms with Gasteiger partial charge in [0.15, 0.2) is 0 Å². The molecular formula is C18H14. The SMILES string of the molecule is CC1=c2cccc3c2=C(C=CC1)c1ccccc1-3. The van der Waals surface area contributed by atoms with Gasteiger partial charge in [-0.05, 0) is 46.0 Å². The summed E-state index contributed by atoms with van der Waals surface area (Å²) >= 11 is 0. The molecule has 2 aliphatic carbocycles. The molecule has 0 fully saturated rings. The standard InChI is InChI=1S/C18H14/c1-12-6-4-10-16-14-7-2-3-8-15(14)17-11-5-9-13(12)18(16)17/h2-5,7-11H,6H2,1H3. The average Bonchev–Trinajstić information content (AvgIpc) is 2.63. The van der Waals surface area contributed by atoms with E-state index in [2.05, 4.69) is 61.5 Å². The summed E-state index contributed by atoms with van der Waals surface area (Å²) in [5, 5.41) is 2.86. The van der Waals surface area contributed by atoms with Crippen molar-refractivity contribution in [3.63, 3.8) is 0 Å². The molecule has 0 amide bonds. The molecule has 0 nitrogen and oxygen atoms in total. The number of allylic oxidation sites excluding steroid dienone is 2. The van der Waals surface area contributed by atoms with Crippen LogP contribution in [-0.2, 0) is 0 Å². The van der Waals surface area contributed by atoms with Gasteiger partial charge in [-0.2, -0.15) is 0 Å². The van der Waals surface area contributed by atoms with E-state index < -0.39 is 0 Å². The zero-order valence-corrected chi connectivity index (χ0v) is 10.4. The Balaban J connectivity index is 2.31. The summed E-state index contributed by atoms with van der Waals surface area (Å²) in [4.78, 5) is 0. The summed E-state index contributed by atoms with van der Waals surface area (Å²) < 4.78 is 0. The fourth-order valence-electron chi connectivity index (χ4n) is 3.15. The molecule has 0 saturated carbocycles. The maximum absolute atomic E-state index is 2.30. The van der Waals surface area contributed by atoms with Gasteiger partial charge in [-0.15, -0.1) is 0 Å². The van der Waals surface area contributed by atoms with Crippen LogP contribution in [-0.4, -0.2) is 0 Å². The van der Waals surface area contributed by atoms with Gasteiger partial charge in [0.2, 0.25) is 0 Å². The van der Waals surface area contributed by atoms with Crippen LogP contribution >= 0.6 is 0 Å². The van der Waals surface area contributed by atoms with E-state index in [9.17, 15) is 0 Å². The molecule has 4 rings (SSSR count). The maximum atomic E-state index is 2.30. The predicted octanol–water partition coefficient (Wildman–Crippen LogP) is 3.00. The van der Waals surface area contributed by atoms with Crippen LogP contribution in [0.5, 0.6) is 0 Å². The summed E-state index contributed by atoms with van der Waals surface area (Å²) in [7, 11) is 0. The first-order valence-corrected chi connectivity index (χ1v) is 6.46. The quantitative estimate of drug-likeness (QED) is 0.652. The minimum absolute atomic E-state index is 1.06. The molecule has 0 heteroatoms. The molecule has 0 unspecified atom stereocenters. The Hall–Kier alpha value is -2.08. The number of hydrogen-bond donors (Lipinski definition) is 0. The highest BCUT2D eigenvalue weighted by Crippen LogP contribution is 2.32. The lowest BCUT2D eigenvalue weighted by Crippen LogP contribution is -2.27. The van der Waals surface area contributed by atoms with Gasteiger partial charge >= 0.3 is 0 Å². The number of benzene rings is 2. The second-order valence-corrected chi connectivity index (χ2v) is 5.07. The Labute approximate surface area is 107 Å². The summed E-state index contributed by atoms with van der Waals surface area (Å²) in [5.74, 6) is 0. The van der Waals surface area contributed by atoms with Gasteiger partial charge in [0, 0.05) is 0 Å². The van der Waals surface area contributed by atoms with Crippen molar-refractivity contribution in [3.8, 4) is 11.1 Å². The highest BCUT2D eigenvalue weighted by molar-refractivity contribution is 5.93. The molecule has 2 aliphatic rings. The predicted molar refractivity (Wildman–Crippen MR) is 76.5 cm³/mol. The molecule has 0 saturated heterocycles. The molecule has 2 aromatic rings. The lowest BCUT2D eigenvalue weighted by molar-refractivity contribution is 1.34. The minimum atomic E-state index is 1.06.